The third kappa shape index (κ3) is 4.71. The van der Waals surface area contributed by atoms with Crippen LogP contribution < -0.4 is 5.32 Å². The second-order valence-electron chi connectivity index (χ2n) is 8.91. The van der Waals surface area contributed by atoms with Gasteiger partial charge in [-0.2, -0.15) is 0 Å². The number of halogens is 1. The number of nitrogens with zero attached hydrogens (tertiary/aromatic N) is 4. The molecule has 3 aromatic carbocycles. The number of anilines is 1. The van der Waals surface area contributed by atoms with Gasteiger partial charge in [0.15, 0.2) is 0 Å². The second-order valence-corrected chi connectivity index (χ2v) is 8.91. The molecule has 1 N–H and O–H groups in total. The van der Waals surface area contributed by atoms with Crippen molar-refractivity contribution in [1.82, 2.24) is 19.4 Å². The fraction of sp³-hybridized carbons (Fsp3) is 0.259. The Morgan fingerprint density at radius 1 is 1.00 bits per heavy atom. The van der Waals surface area contributed by atoms with Gasteiger partial charge >= 0.3 is 0 Å². The maximum atomic E-state index is 13.4. The summed E-state index contributed by atoms with van der Waals surface area (Å²) in [7, 11) is 2.15. The van der Waals surface area contributed by atoms with Gasteiger partial charge in [-0.3, -0.25) is 14.3 Å². The molecular formula is C27H28FN5O. The van der Waals surface area contributed by atoms with Gasteiger partial charge in [-0.15, -0.1) is 0 Å². The number of nitrogens with one attached hydrogen (secondary N) is 1. The lowest BCUT2D eigenvalue weighted by Gasteiger charge is -2.32. The number of rotatable bonds is 5. The van der Waals surface area contributed by atoms with Crippen LogP contribution in [0.4, 0.5) is 10.1 Å². The molecule has 174 valence electrons. The van der Waals surface area contributed by atoms with Crippen LogP contribution in [0.15, 0.2) is 66.7 Å². The zero-order valence-electron chi connectivity index (χ0n) is 19.5. The van der Waals surface area contributed by atoms with Crippen molar-refractivity contribution in [2.45, 2.75) is 13.5 Å². The van der Waals surface area contributed by atoms with E-state index in [0.717, 1.165) is 61.0 Å². The molecule has 5 rings (SSSR count). The van der Waals surface area contributed by atoms with Crippen LogP contribution in [0, 0.1) is 12.7 Å². The summed E-state index contributed by atoms with van der Waals surface area (Å²) >= 11 is 0. The number of likely N-dealkylation sites (N-methyl/N-ethyl adjacent to an activating group) is 1. The molecule has 2 heterocycles. The average molecular weight is 458 g/mol. The van der Waals surface area contributed by atoms with Crippen molar-refractivity contribution in [3.05, 3.63) is 89.5 Å². The van der Waals surface area contributed by atoms with Crippen molar-refractivity contribution >= 4 is 22.6 Å². The van der Waals surface area contributed by atoms with Crippen LogP contribution in [0.2, 0.25) is 0 Å². The minimum Gasteiger partial charge on any atom is -0.322 e. The zero-order chi connectivity index (χ0) is 23.7. The number of hydrogen-bond donors (Lipinski definition) is 1. The fourth-order valence-electron chi connectivity index (χ4n) is 4.47. The van der Waals surface area contributed by atoms with Gasteiger partial charge in [0.2, 0.25) is 0 Å². The molecule has 0 aliphatic carbocycles. The summed E-state index contributed by atoms with van der Waals surface area (Å²) in [5.74, 6) is 0.305. The average Bonchev–Trinajstić information content (AvgIpc) is 3.16. The molecule has 1 saturated heterocycles. The number of benzene rings is 3. The van der Waals surface area contributed by atoms with E-state index < -0.39 is 0 Å². The van der Waals surface area contributed by atoms with Crippen molar-refractivity contribution in [3.63, 3.8) is 0 Å². The first-order valence-corrected chi connectivity index (χ1v) is 11.5. The molecule has 34 heavy (non-hydrogen) atoms. The topological polar surface area (TPSA) is 53.4 Å². The van der Waals surface area contributed by atoms with Crippen LogP contribution in [0.25, 0.3) is 16.7 Å². The molecule has 1 aliphatic rings. The summed E-state index contributed by atoms with van der Waals surface area (Å²) in [5, 5.41) is 3.04. The molecular weight excluding hydrogens is 429 g/mol. The highest BCUT2D eigenvalue weighted by molar-refractivity contribution is 6.06. The third-order valence-corrected chi connectivity index (χ3v) is 6.36. The summed E-state index contributed by atoms with van der Waals surface area (Å²) in [5.41, 5.74) is 4.90. The van der Waals surface area contributed by atoms with E-state index in [1.165, 1.54) is 17.7 Å². The quantitative estimate of drug-likeness (QED) is 0.480. The van der Waals surface area contributed by atoms with E-state index in [-0.39, 0.29) is 11.7 Å². The molecule has 1 fully saturated rings. The molecule has 1 aliphatic heterocycles. The Morgan fingerprint density at radius 2 is 1.76 bits per heavy atom. The van der Waals surface area contributed by atoms with Crippen molar-refractivity contribution < 1.29 is 9.18 Å². The van der Waals surface area contributed by atoms with Gasteiger partial charge in [0.05, 0.1) is 11.0 Å². The van der Waals surface area contributed by atoms with E-state index in [9.17, 15) is 9.18 Å². The molecule has 4 aromatic rings. The Hall–Kier alpha value is -3.55. The highest BCUT2D eigenvalue weighted by Crippen LogP contribution is 2.23. The molecule has 0 spiro atoms. The lowest BCUT2D eigenvalue weighted by atomic mass is 10.1. The van der Waals surface area contributed by atoms with Gasteiger partial charge in [-0.25, -0.2) is 9.37 Å². The Bertz CT molecular complexity index is 1320. The summed E-state index contributed by atoms with van der Waals surface area (Å²) in [6.45, 7) is 7.02. The molecule has 0 saturated carbocycles. The first kappa shape index (κ1) is 22.3. The van der Waals surface area contributed by atoms with E-state index in [0.29, 0.717) is 5.56 Å². The fourth-order valence-corrected chi connectivity index (χ4v) is 4.47. The number of imidazole rings is 1. The van der Waals surface area contributed by atoms with Crippen LogP contribution in [0.1, 0.15) is 21.7 Å². The second kappa shape index (κ2) is 9.37. The molecule has 0 unspecified atom stereocenters. The van der Waals surface area contributed by atoms with Crippen LogP contribution >= 0.6 is 0 Å². The van der Waals surface area contributed by atoms with E-state index in [1.54, 1.807) is 18.2 Å². The first-order valence-electron chi connectivity index (χ1n) is 11.5. The highest BCUT2D eigenvalue weighted by Gasteiger charge is 2.16. The Morgan fingerprint density at radius 3 is 2.53 bits per heavy atom. The smallest absolute Gasteiger partial charge is 0.255 e. The van der Waals surface area contributed by atoms with Gasteiger partial charge in [0.25, 0.3) is 5.91 Å². The summed E-state index contributed by atoms with van der Waals surface area (Å²) in [4.78, 5) is 22.5. The molecule has 1 amide bonds. The van der Waals surface area contributed by atoms with Crippen molar-refractivity contribution in [1.29, 1.82) is 0 Å². The van der Waals surface area contributed by atoms with Crippen molar-refractivity contribution in [3.8, 4) is 5.69 Å². The van der Waals surface area contributed by atoms with Crippen molar-refractivity contribution in [2.75, 3.05) is 38.5 Å². The Kier molecular flexibility index (Phi) is 6.13. The summed E-state index contributed by atoms with van der Waals surface area (Å²) < 4.78 is 15.3. The minimum atomic E-state index is -0.291. The predicted molar refractivity (Wildman–Crippen MR) is 133 cm³/mol. The Balaban J connectivity index is 1.36. The van der Waals surface area contributed by atoms with Crippen LogP contribution in [-0.4, -0.2) is 58.5 Å². The highest BCUT2D eigenvalue weighted by atomic mass is 19.1. The maximum Gasteiger partial charge on any atom is 0.255 e. The molecule has 0 radical (unpaired) electrons. The Labute approximate surface area is 198 Å². The molecule has 0 atom stereocenters. The number of amides is 1. The van der Waals surface area contributed by atoms with Crippen molar-refractivity contribution in [2.24, 2.45) is 0 Å². The van der Waals surface area contributed by atoms with Crippen LogP contribution in [0.5, 0.6) is 0 Å². The van der Waals surface area contributed by atoms with Gasteiger partial charge in [0.1, 0.15) is 11.6 Å². The van der Waals surface area contributed by atoms with E-state index >= 15 is 0 Å². The third-order valence-electron chi connectivity index (χ3n) is 6.36. The van der Waals surface area contributed by atoms with E-state index in [2.05, 4.69) is 33.2 Å². The minimum absolute atomic E-state index is 0.178. The van der Waals surface area contributed by atoms with Crippen LogP contribution in [-0.2, 0) is 6.54 Å². The number of carbonyl (C=O) groups excluding carboxylic acids is 1. The number of aryl methyl sites for hydroxylation is 1. The predicted octanol–water partition coefficient (Wildman–Crippen LogP) is 4.47. The maximum absolute atomic E-state index is 13.4. The van der Waals surface area contributed by atoms with Gasteiger partial charge in [-0.05, 0) is 74.1 Å². The van der Waals surface area contributed by atoms with E-state index in [1.807, 2.05) is 41.8 Å². The standard InChI is InChI=1S/C27H28FN5O/c1-19-29-25-11-6-21(17-26(25)33(19)24-9-7-22(28)8-10-24)27(34)30-23-5-3-4-20(16-23)18-32-14-12-31(2)13-15-32/h3-11,16-17H,12-15,18H2,1-2H3,(H,30,34). The number of hydrogen-bond acceptors (Lipinski definition) is 4. The molecule has 1 aromatic heterocycles. The number of carbonyl (C=O) groups is 1. The zero-order valence-corrected chi connectivity index (χ0v) is 19.5. The van der Waals surface area contributed by atoms with Gasteiger partial charge < -0.3 is 10.2 Å². The van der Waals surface area contributed by atoms with E-state index in [4.69, 9.17) is 0 Å². The SMILES string of the molecule is Cc1nc2ccc(C(=O)Nc3cccc(CN4CCN(C)CC4)c3)cc2n1-c1ccc(F)cc1. The largest absolute Gasteiger partial charge is 0.322 e. The molecule has 7 heteroatoms. The lowest BCUT2D eigenvalue weighted by Crippen LogP contribution is -2.43. The number of aromatic nitrogens is 2. The van der Waals surface area contributed by atoms with Crippen LogP contribution in [0.3, 0.4) is 0 Å². The number of fused-ring (bicyclic) bond motifs is 1. The lowest BCUT2D eigenvalue weighted by molar-refractivity contribution is 0.102. The van der Waals surface area contributed by atoms with Gasteiger partial charge in [0, 0.05) is 49.7 Å². The molecule has 0 bridgehead atoms. The first-order chi connectivity index (χ1) is 16.5. The molecule has 6 nitrogen and oxygen atoms in total. The number of piperazine rings is 1. The monoisotopic (exact) mass is 457 g/mol. The van der Waals surface area contributed by atoms with Gasteiger partial charge in [-0.1, -0.05) is 12.1 Å². The summed E-state index contributed by atoms with van der Waals surface area (Å²) in [6, 6.07) is 19.8. The normalized spacial score (nSPS) is 15.0. The summed E-state index contributed by atoms with van der Waals surface area (Å²) in [6.07, 6.45) is 0.